The summed E-state index contributed by atoms with van der Waals surface area (Å²) in [6.45, 7) is 3.78. The van der Waals surface area contributed by atoms with Crippen LogP contribution < -0.4 is 0 Å². The number of fused-ring (bicyclic) bond motifs is 3. The number of rotatable bonds is 7. The highest BCUT2D eigenvalue weighted by Gasteiger charge is 2.50. The lowest BCUT2D eigenvalue weighted by Crippen LogP contribution is -2.60. The summed E-state index contributed by atoms with van der Waals surface area (Å²) in [7, 11) is 2.99. The van der Waals surface area contributed by atoms with Gasteiger partial charge in [-0.05, 0) is 11.6 Å². The fourth-order valence-corrected chi connectivity index (χ4v) is 6.16. The van der Waals surface area contributed by atoms with E-state index in [0.717, 1.165) is 22.2 Å². The van der Waals surface area contributed by atoms with Crippen LogP contribution in [0.25, 0.3) is 10.9 Å². The standard InChI is InChI=1S/C28H37N2O10/c1-4-14-17(11-20-22-16(9-10-30(20,2)36)15-7-5-6-8-19(15)29-22)18(26(35)37-3)13-38-27(14)40-28-25(34)24(33)23(32)21(12-31)39-28/h4-8,13-14,17,20-21,23-25,27-29,31-34,36H,1,9-12H2,2-3H3/q+1/t14-,17+,20-,21-,23-,24+,25-,27+,28+,30+/m1/s1. The van der Waals surface area contributed by atoms with E-state index in [0.29, 0.717) is 13.0 Å². The average molecular weight is 562 g/mol. The normalized spacial score (nSPS) is 37.8. The lowest BCUT2D eigenvalue weighted by Gasteiger charge is -2.44. The Bertz CT molecular complexity index is 1270. The number of likely N-dealkylation sites (N-methyl/N-ethyl adjacent to an activating group) is 1. The predicted octanol–water partition coefficient (Wildman–Crippen LogP) is 0.639. The van der Waals surface area contributed by atoms with Gasteiger partial charge in [-0.1, -0.05) is 24.3 Å². The van der Waals surface area contributed by atoms with Gasteiger partial charge in [-0.2, -0.15) is 4.65 Å². The van der Waals surface area contributed by atoms with Gasteiger partial charge in [0.05, 0.1) is 38.3 Å². The van der Waals surface area contributed by atoms with E-state index in [-0.39, 0.29) is 16.6 Å². The molecule has 4 heterocycles. The molecule has 6 N–H and O–H groups in total. The number of carbonyl (C=O) groups is 1. The number of hydroxylamine groups is 3. The van der Waals surface area contributed by atoms with Crippen LogP contribution in [0.5, 0.6) is 0 Å². The fourth-order valence-electron chi connectivity index (χ4n) is 6.16. The van der Waals surface area contributed by atoms with Crippen molar-refractivity contribution >= 4 is 16.9 Å². The molecule has 2 aromatic rings. The summed E-state index contributed by atoms with van der Waals surface area (Å²) in [6, 6.07) is 7.48. The molecule has 10 atom stereocenters. The Labute approximate surface area is 231 Å². The zero-order chi connectivity index (χ0) is 28.8. The van der Waals surface area contributed by atoms with Crippen LogP contribution in [0.2, 0.25) is 0 Å². The minimum atomic E-state index is -1.64. The lowest BCUT2D eigenvalue weighted by atomic mass is 9.77. The van der Waals surface area contributed by atoms with E-state index in [2.05, 4.69) is 11.6 Å². The van der Waals surface area contributed by atoms with Gasteiger partial charge in [0.15, 0.2) is 12.3 Å². The summed E-state index contributed by atoms with van der Waals surface area (Å²) in [5.41, 5.74) is 3.18. The molecule has 40 heavy (non-hydrogen) atoms. The molecule has 1 aromatic carbocycles. The van der Waals surface area contributed by atoms with Gasteiger partial charge in [-0.3, -0.25) is 0 Å². The van der Waals surface area contributed by atoms with E-state index < -0.39 is 67.4 Å². The monoisotopic (exact) mass is 561 g/mol. The summed E-state index contributed by atoms with van der Waals surface area (Å²) in [5, 5.41) is 53.0. The summed E-state index contributed by atoms with van der Waals surface area (Å²) in [6.07, 6.45) is -4.81. The third kappa shape index (κ3) is 4.95. The molecule has 3 aliphatic rings. The molecule has 1 saturated heterocycles. The number of carbonyl (C=O) groups excluding carboxylic acids is 1. The largest absolute Gasteiger partial charge is 0.471 e. The van der Waals surface area contributed by atoms with Crippen LogP contribution in [0, 0.1) is 11.8 Å². The number of H-pyrrole nitrogens is 1. The Hall–Kier alpha value is -2.81. The van der Waals surface area contributed by atoms with Crippen molar-refractivity contribution in [2.24, 2.45) is 11.8 Å². The number of hydrogen-bond donors (Lipinski definition) is 6. The maximum Gasteiger partial charge on any atom is 0.337 e. The molecule has 0 radical (unpaired) electrons. The third-order valence-electron chi connectivity index (χ3n) is 8.46. The molecule has 0 unspecified atom stereocenters. The van der Waals surface area contributed by atoms with Crippen molar-refractivity contribution in [3.63, 3.8) is 0 Å². The van der Waals surface area contributed by atoms with E-state index in [4.69, 9.17) is 18.9 Å². The van der Waals surface area contributed by atoms with E-state index in [1.165, 1.54) is 13.4 Å². The van der Waals surface area contributed by atoms with Crippen LogP contribution in [-0.4, -0.2) is 106 Å². The van der Waals surface area contributed by atoms with Gasteiger partial charge in [-0.15, -0.1) is 6.58 Å². The predicted molar refractivity (Wildman–Crippen MR) is 139 cm³/mol. The van der Waals surface area contributed by atoms with Crippen LogP contribution in [0.1, 0.15) is 23.7 Å². The smallest absolute Gasteiger partial charge is 0.337 e. The summed E-state index contributed by atoms with van der Waals surface area (Å²) >= 11 is 0. The van der Waals surface area contributed by atoms with E-state index in [1.807, 2.05) is 24.3 Å². The highest BCUT2D eigenvalue weighted by molar-refractivity contribution is 5.89. The first kappa shape index (κ1) is 28.7. The lowest BCUT2D eigenvalue weighted by molar-refractivity contribution is -1.11. The van der Waals surface area contributed by atoms with E-state index in [1.54, 1.807) is 13.1 Å². The molecule has 0 amide bonds. The first-order valence-electron chi connectivity index (χ1n) is 13.3. The molecule has 0 bridgehead atoms. The molecule has 0 saturated carbocycles. The van der Waals surface area contributed by atoms with Crippen molar-refractivity contribution in [2.75, 3.05) is 27.3 Å². The SMILES string of the molecule is C=C[C@H]1[C@H](O[C@@H]2O[C@H](CO)[C@@H](O)[C@H](O)[C@H]2O)OC=C(C(=O)OC)[C@H]1C[C@@H]1c2[nH]c3ccccc3c2CC[N@+]1(C)O. The number of methoxy groups -OCH3 is 1. The molecule has 1 aromatic heterocycles. The van der Waals surface area contributed by atoms with Gasteiger partial charge in [0.25, 0.3) is 0 Å². The Morgan fingerprint density at radius 2 is 1.95 bits per heavy atom. The molecule has 0 spiro atoms. The van der Waals surface area contributed by atoms with Gasteiger partial charge in [0, 0.05) is 35.6 Å². The van der Waals surface area contributed by atoms with Gasteiger partial charge >= 0.3 is 5.97 Å². The van der Waals surface area contributed by atoms with Gasteiger partial charge < -0.3 is 44.4 Å². The average Bonchev–Trinajstić information content (AvgIpc) is 3.33. The molecule has 1 fully saturated rings. The van der Waals surface area contributed by atoms with Crippen molar-refractivity contribution in [1.82, 2.24) is 4.98 Å². The van der Waals surface area contributed by atoms with Crippen molar-refractivity contribution in [3.05, 3.63) is 60.0 Å². The van der Waals surface area contributed by atoms with Gasteiger partial charge in [-0.25, -0.2) is 10.0 Å². The van der Waals surface area contributed by atoms with E-state index >= 15 is 0 Å². The Morgan fingerprint density at radius 1 is 1.20 bits per heavy atom. The molecule has 12 nitrogen and oxygen atoms in total. The quantitative estimate of drug-likeness (QED) is 0.160. The molecule has 3 aliphatic heterocycles. The molecular weight excluding hydrogens is 524 g/mol. The van der Waals surface area contributed by atoms with Crippen molar-refractivity contribution in [1.29, 1.82) is 0 Å². The van der Waals surface area contributed by atoms with Crippen molar-refractivity contribution in [3.8, 4) is 0 Å². The number of aromatic amines is 1. The third-order valence-corrected chi connectivity index (χ3v) is 8.46. The van der Waals surface area contributed by atoms with Crippen LogP contribution in [0.15, 0.2) is 48.8 Å². The molecular formula is C28H37N2O10+. The number of benzene rings is 1. The first-order valence-corrected chi connectivity index (χ1v) is 13.3. The molecule has 218 valence electrons. The number of ether oxygens (including phenoxy) is 4. The minimum Gasteiger partial charge on any atom is -0.471 e. The Kier molecular flexibility index (Phi) is 8.06. The molecule has 12 heteroatoms. The number of aliphatic hydroxyl groups is 4. The summed E-state index contributed by atoms with van der Waals surface area (Å²) < 4.78 is 21.9. The molecule has 0 aliphatic carbocycles. The van der Waals surface area contributed by atoms with Crippen molar-refractivity contribution in [2.45, 2.75) is 55.9 Å². The van der Waals surface area contributed by atoms with E-state index in [9.17, 15) is 30.4 Å². The number of para-hydroxylation sites is 1. The van der Waals surface area contributed by atoms with Crippen LogP contribution in [0.4, 0.5) is 0 Å². The zero-order valence-electron chi connectivity index (χ0n) is 22.4. The second-order valence-corrected chi connectivity index (χ2v) is 10.8. The second-order valence-electron chi connectivity index (χ2n) is 10.8. The summed E-state index contributed by atoms with van der Waals surface area (Å²) in [5.74, 6) is -1.88. The topological polar surface area (TPSA) is 171 Å². The maximum absolute atomic E-state index is 12.9. The van der Waals surface area contributed by atoms with Crippen molar-refractivity contribution < 1.29 is 54.0 Å². The van der Waals surface area contributed by atoms with Gasteiger partial charge in [0.1, 0.15) is 31.0 Å². The van der Waals surface area contributed by atoms with Crippen LogP contribution in [0.3, 0.4) is 0 Å². The highest BCUT2D eigenvalue weighted by Crippen LogP contribution is 2.45. The number of esters is 1. The number of nitrogens with zero attached hydrogens (tertiary/aromatic N) is 1. The number of aromatic nitrogens is 1. The van der Waals surface area contributed by atoms with Crippen LogP contribution >= 0.6 is 0 Å². The number of nitrogens with one attached hydrogen (secondary N) is 1. The fraction of sp³-hybridized carbons (Fsp3) is 0.536. The molecule has 5 rings (SSSR count). The second kappa shape index (κ2) is 11.2. The summed E-state index contributed by atoms with van der Waals surface area (Å²) in [4.78, 5) is 16.3. The maximum atomic E-state index is 12.9. The number of quaternary nitrogens is 1. The highest BCUT2D eigenvalue weighted by atomic mass is 16.8. The number of hydrogen-bond acceptors (Lipinski definition) is 10. The first-order chi connectivity index (χ1) is 19.1. The van der Waals surface area contributed by atoms with Gasteiger partial charge in [0.2, 0.25) is 6.29 Å². The Balaban J connectivity index is 1.48. The zero-order valence-corrected chi connectivity index (χ0v) is 22.4. The Morgan fingerprint density at radius 3 is 2.65 bits per heavy atom. The minimum absolute atomic E-state index is 0.226. The number of aliphatic hydroxyl groups excluding tert-OH is 4. The van der Waals surface area contributed by atoms with Crippen LogP contribution in [-0.2, 0) is 30.2 Å².